The molecule has 0 unspecified atom stereocenters. The Morgan fingerprint density at radius 3 is 2.75 bits per heavy atom. The number of aromatic hydroxyl groups is 1. The number of aryl methyl sites for hydroxylation is 1. The molecule has 3 N–H and O–H groups in total. The zero-order chi connectivity index (χ0) is 17.7. The van der Waals surface area contributed by atoms with E-state index in [0.29, 0.717) is 33.6 Å². The third-order valence-corrected chi connectivity index (χ3v) is 3.95. The van der Waals surface area contributed by atoms with Crippen molar-refractivity contribution >= 4 is 44.9 Å². The number of hydrogen-bond acceptors (Lipinski definition) is 4. The highest BCUT2D eigenvalue weighted by Crippen LogP contribution is 2.30. The second-order valence-corrected chi connectivity index (χ2v) is 6.26. The van der Waals surface area contributed by atoms with Crippen molar-refractivity contribution in [3.63, 3.8) is 0 Å². The van der Waals surface area contributed by atoms with Gasteiger partial charge in [0.25, 0.3) is 5.91 Å². The molecule has 0 atom stereocenters. The Kier molecular flexibility index (Phi) is 6.16. The first kappa shape index (κ1) is 18.2. The van der Waals surface area contributed by atoms with Gasteiger partial charge in [0.15, 0.2) is 5.11 Å². The summed E-state index contributed by atoms with van der Waals surface area (Å²) in [6.07, 6.45) is 0. The standard InChI is InChI=1S/C17H17BrN2O3S/c1-3-23-13-6-4-5-11(8-13)16(22)20-17(24)19-12-7-10(2)15(21)14(18)9-12/h4-9,21H,3H2,1-2H3,(H2,19,20,22,24). The number of carbonyl (C=O) groups is 1. The first-order valence-corrected chi connectivity index (χ1v) is 8.45. The number of rotatable bonds is 4. The molecule has 0 aromatic heterocycles. The van der Waals surface area contributed by atoms with Crippen LogP contribution in [-0.4, -0.2) is 22.7 Å². The van der Waals surface area contributed by atoms with Gasteiger partial charge < -0.3 is 15.2 Å². The summed E-state index contributed by atoms with van der Waals surface area (Å²) in [5, 5.41) is 15.4. The Balaban J connectivity index is 2.04. The molecule has 2 aromatic carbocycles. The highest BCUT2D eigenvalue weighted by atomic mass is 79.9. The normalized spacial score (nSPS) is 10.1. The van der Waals surface area contributed by atoms with E-state index in [-0.39, 0.29) is 16.8 Å². The fraction of sp³-hybridized carbons (Fsp3) is 0.176. The SMILES string of the molecule is CCOc1cccc(C(=O)NC(=S)Nc2cc(C)c(O)c(Br)c2)c1. The monoisotopic (exact) mass is 408 g/mol. The predicted molar refractivity (Wildman–Crippen MR) is 102 cm³/mol. The number of anilines is 1. The number of ether oxygens (including phenoxy) is 1. The van der Waals surface area contributed by atoms with Crippen LogP contribution in [0, 0.1) is 6.92 Å². The number of phenols is 1. The molecule has 0 bridgehead atoms. The molecule has 1 amide bonds. The van der Waals surface area contributed by atoms with Gasteiger partial charge in [0.1, 0.15) is 11.5 Å². The smallest absolute Gasteiger partial charge is 0.257 e. The first-order chi connectivity index (χ1) is 11.4. The van der Waals surface area contributed by atoms with Crippen LogP contribution in [0.15, 0.2) is 40.9 Å². The summed E-state index contributed by atoms with van der Waals surface area (Å²) >= 11 is 8.43. The van der Waals surface area contributed by atoms with Crippen LogP contribution in [0.2, 0.25) is 0 Å². The van der Waals surface area contributed by atoms with Crippen molar-refractivity contribution in [3.05, 3.63) is 52.0 Å². The molecule has 5 nitrogen and oxygen atoms in total. The van der Waals surface area contributed by atoms with Gasteiger partial charge in [-0.1, -0.05) is 6.07 Å². The van der Waals surface area contributed by atoms with Crippen molar-refractivity contribution in [3.8, 4) is 11.5 Å². The topological polar surface area (TPSA) is 70.6 Å². The van der Waals surface area contributed by atoms with E-state index in [0.717, 1.165) is 0 Å². The number of halogens is 1. The molecule has 126 valence electrons. The number of thiocarbonyl (C=S) groups is 1. The quantitative estimate of drug-likeness (QED) is 0.526. The predicted octanol–water partition coefficient (Wildman–Crippen LogP) is 3.99. The number of hydrogen-bond donors (Lipinski definition) is 3. The summed E-state index contributed by atoms with van der Waals surface area (Å²) in [5.74, 6) is 0.467. The molecule has 0 saturated heterocycles. The van der Waals surface area contributed by atoms with E-state index in [1.807, 2.05) is 6.92 Å². The van der Waals surface area contributed by atoms with Gasteiger partial charge in [0.2, 0.25) is 0 Å². The van der Waals surface area contributed by atoms with E-state index in [1.54, 1.807) is 43.3 Å². The summed E-state index contributed by atoms with van der Waals surface area (Å²) in [6.45, 7) is 4.18. The van der Waals surface area contributed by atoms with Crippen LogP contribution in [0.5, 0.6) is 11.5 Å². The van der Waals surface area contributed by atoms with E-state index in [2.05, 4.69) is 26.6 Å². The van der Waals surface area contributed by atoms with Gasteiger partial charge in [-0.3, -0.25) is 10.1 Å². The first-order valence-electron chi connectivity index (χ1n) is 7.25. The lowest BCUT2D eigenvalue weighted by molar-refractivity contribution is 0.0977. The minimum atomic E-state index is -0.330. The lowest BCUT2D eigenvalue weighted by atomic mass is 10.2. The fourth-order valence-electron chi connectivity index (χ4n) is 2.04. The molecule has 0 fully saturated rings. The van der Waals surface area contributed by atoms with Gasteiger partial charge in [0, 0.05) is 11.3 Å². The van der Waals surface area contributed by atoms with Gasteiger partial charge in [-0.2, -0.15) is 0 Å². The van der Waals surface area contributed by atoms with Crippen molar-refractivity contribution in [2.24, 2.45) is 0 Å². The van der Waals surface area contributed by atoms with E-state index in [1.165, 1.54) is 0 Å². The summed E-state index contributed by atoms with van der Waals surface area (Å²) in [7, 11) is 0. The molecule has 0 saturated carbocycles. The molecule has 7 heteroatoms. The Bertz CT molecular complexity index is 757. The second-order valence-electron chi connectivity index (χ2n) is 4.99. The van der Waals surface area contributed by atoms with Crippen LogP contribution < -0.4 is 15.4 Å². The Labute approximate surface area is 154 Å². The average Bonchev–Trinajstić information content (AvgIpc) is 2.53. The van der Waals surface area contributed by atoms with Crippen molar-refractivity contribution in [1.82, 2.24) is 5.32 Å². The van der Waals surface area contributed by atoms with Gasteiger partial charge in [-0.05, 0) is 77.9 Å². The summed E-state index contributed by atoms with van der Waals surface area (Å²) in [6, 6.07) is 10.3. The summed E-state index contributed by atoms with van der Waals surface area (Å²) < 4.78 is 5.92. The largest absolute Gasteiger partial charge is 0.506 e. The fourth-order valence-corrected chi connectivity index (χ4v) is 2.81. The highest BCUT2D eigenvalue weighted by Gasteiger charge is 2.10. The van der Waals surface area contributed by atoms with Crippen LogP contribution in [0.1, 0.15) is 22.8 Å². The Morgan fingerprint density at radius 2 is 2.08 bits per heavy atom. The molecule has 0 aliphatic carbocycles. The van der Waals surface area contributed by atoms with Crippen LogP contribution in [0.4, 0.5) is 5.69 Å². The van der Waals surface area contributed by atoms with Crippen molar-refractivity contribution in [2.45, 2.75) is 13.8 Å². The molecule has 0 aliphatic heterocycles. The minimum Gasteiger partial charge on any atom is -0.506 e. The molecule has 0 heterocycles. The van der Waals surface area contributed by atoms with Crippen LogP contribution >= 0.6 is 28.1 Å². The Hall–Kier alpha value is -2.12. The maximum Gasteiger partial charge on any atom is 0.257 e. The van der Waals surface area contributed by atoms with E-state index in [4.69, 9.17) is 17.0 Å². The van der Waals surface area contributed by atoms with Crippen molar-refractivity contribution in [2.75, 3.05) is 11.9 Å². The molecular formula is C17H17BrN2O3S. The lowest BCUT2D eigenvalue weighted by Crippen LogP contribution is -2.34. The maximum atomic E-state index is 12.2. The van der Waals surface area contributed by atoms with Gasteiger partial charge in [-0.15, -0.1) is 0 Å². The zero-order valence-electron chi connectivity index (χ0n) is 13.2. The molecule has 0 aliphatic rings. The molecule has 0 spiro atoms. The molecular weight excluding hydrogens is 392 g/mol. The number of carbonyl (C=O) groups excluding carboxylic acids is 1. The summed E-state index contributed by atoms with van der Waals surface area (Å²) in [5.41, 5.74) is 1.80. The van der Waals surface area contributed by atoms with Crippen LogP contribution in [0.3, 0.4) is 0 Å². The van der Waals surface area contributed by atoms with E-state index >= 15 is 0 Å². The number of nitrogens with one attached hydrogen (secondary N) is 2. The Morgan fingerprint density at radius 1 is 1.33 bits per heavy atom. The van der Waals surface area contributed by atoms with Crippen LogP contribution in [-0.2, 0) is 0 Å². The highest BCUT2D eigenvalue weighted by molar-refractivity contribution is 9.10. The second kappa shape index (κ2) is 8.12. The van der Waals surface area contributed by atoms with E-state index < -0.39 is 0 Å². The summed E-state index contributed by atoms with van der Waals surface area (Å²) in [4.78, 5) is 12.2. The number of amides is 1. The maximum absolute atomic E-state index is 12.2. The average molecular weight is 409 g/mol. The van der Waals surface area contributed by atoms with Crippen LogP contribution in [0.25, 0.3) is 0 Å². The van der Waals surface area contributed by atoms with Gasteiger partial charge in [-0.25, -0.2) is 0 Å². The van der Waals surface area contributed by atoms with Crippen molar-refractivity contribution in [1.29, 1.82) is 0 Å². The lowest BCUT2D eigenvalue weighted by Gasteiger charge is -2.12. The molecule has 2 rings (SSSR count). The zero-order valence-corrected chi connectivity index (χ0v) is 15.6. The van der Waals surface area contributed by atoms with E-state index in [9.17, 15) is 9.90 Å². The third kappa shape index (κ3) is 4.69. The molecule has 2 aromatic rings. The third-order valence-electron chi connectivity index (χ3n) is 3.15. The van der Waals surface area contributed by atoms with Gasteiger partial charge in [0.05, 0.1) is 11.1 Å². The minimum absolute atomic E-state index is 0.166. The van der Waals surface area contributed by atoms with Gasteiger partial charge >= 0.3 is 0 Å². The van der Waals surface area contributed by atoms with Crippen molar-refractivity contribution < 1.29 is 14.6 Å². The number of phenolic OH excluding ortho intramolecular Hbond substituents is 1. The molecule has 0 radical (unpaired) electrons. The number of benzene rings is 2. The molecule has 24 heavy (non-hydrogen) atoms.